The summed E-state index contributed by atoms with van der Waals surface area (Å²) < 4.78 is -0.217. The number of anilines is 2. The summed E-state index contributed by atoms with van der Waals surface area (Å²) in [6.07, 6.45) is 2.99. The van der Waals surface area contributed by atoms with Gasteiger partial charge < -0.3 is 10.6 Å². The zero-order valence-corrected chi connectivity index (χ0v) is 14.5. The molecule has 0 amide bonds. The van der Waals surface area contributed by atoms with Gasteiger partial charge in [-0.25, -0.2) is 0 Å². The number of aromatic nitrogens is 3. The number of hydrogen-bond donors (Lipinski definition) is 1. The number of nitrogen functional groups attached to an aromatic ring is 1. The smallest absolute Gasteiger partial charge is 0.233 e. The molecule has 2 rings (SSSR count). The lowest BCUT2D eigenvalue weighted by Crippen LogP contribution is -2.42. The maximum atomic E-state index is 9.57. The Kier molecular flexibility index (Phi) is 5.07. The maximum Gasteiger partial charge on any atom is 0.233 e. The van der Waals surface area contributed by atoms with Crippen LogP contribution in [0.2, 0.25) is 5.28 Å². The summed E-state index contributed by atoms with van der Waals surface area (Å²) in [6.45, 7) is 4.12. The van der Waals surface area contributed by atoms with Crippen molar-refractivity contribution in [2.75, 3.05) is 22.6 Å². The van der Waals surface area contributed by atoms with Gasteiger partial charge in [0.25, 0.3) is 0 Å². The Bertz CT molecular complexity index is 541. The van der Waals surface area contributed by atoms with Gasteiger partial charge in [0, 0.05) is 4.75 Å². The molecular formula is C12H17ClN6S2. The Balaban J connectivity index is 2.41. The summed E-state index contributed by atoms with van der Waals surface area (Å²) in [4.78, 5) is 14.0. The van der Waals surface area contributed by atoms with Crippen LogP contribution in [-0.4, -0.2) is 43.1 Å². The number of halogens is 1. The maximum absolute atomic E-state index is 9.57. The minimum atomic E-state index is -0.341. The largest absolute Gasteiger partial charge is 0.368 e. The van der Waals surface area contributed by atoms with E-state index in [9.17, 15) is 5.26 Å². The van der Waals surface area contributed by atoms with Gasteiger partial charge in [0.2, 0.25) is 17.2 Å². The third kappa shape index (κ3) is 3.47. The monoisotopic (exact) mass is 344 g/mol. The van der Waals surface area contributed by atoms with Crippen molar-refractivity contribution < 1.29 is 0 Å². The Morgan fingerprint density at radius 2 is 2.19 bits per heavy atom. The van der Waals surface area contributed by atoms with Gasteiger partial charge in [0.15, 0.2) is 0 Å². The van der Waals surface area contributed by atoms with Gasteiger partial charge in [-0.15, -0.1) is 11.8 Å². The van der Waals surface area contributed by atoms with Crippen LogP contribution < -0.4 is 10.6 Å². The molecule has 1 aromatic rings. The van der Waals surface area contributed by atoms with E-state index in [-0.39, 0.29) is 27.4 Å². The number of nitrogens with two attached hydrogens (primary N) is 1. The van der Waals surface area contributed by atoms with E-state index in [2.05, 4.69) is 41.1 Å². The predicted molar refractivity (Wildman–Crippen MR) is 89.6 cm³/mol. The highest BCUT2D eigenvalue weighted by molar-refractivity contribution is 8.01. The zero-order valence-electron chi connectivity index (χ0n) is 12.1. The molecule has 0 radical (unpaired) electrons. The topological polar surface area (TPSA) is 91.7 Å². The van der Waals surface area contributed by atoms with Crippen molar-refractivity contribution in [2.24, 2.45) is 0 Å². The van der Waals surface area contributed by atoms with Gasteiger partial charge in [0.1, 0.15) is 6.04 Å². The highest BCUT2D eigenvalue weighted by Crippen LogP contribution is 2.46. The standard InChI is InChI=1S/C12H17ClN6S2/c1-12(2)7(6-14)19(8(21-12)4-5-20-3)11-17-9(13)16-10(15)18-11/h7-8H,4-5H2,1-3H3,(H2,15,16,17,18). The van der Waals surface area contributed by atoms with Crippen molar-refractivity contribution in [3.05, 3.63) is 5.28 Å². The molecule has 0 aromatic carbocycles. The predicted octanol–water partition coefficient (Wildman–Crippen LogP) is 2.41. The average Bonchev–Trinajstić information content (AvgIpc) is 2.65. The van der Waals surface area contributed by atoms with Gasteiger partial charge in [-0.3, -0.25) is 0 Å². The van der Waals surface area contributed by atoms with Gasteiger partial charge in [0.05, 0.1) is 11.4 Å². The van der Waals surface area contributed by atoms with E-state index < -0.39 is 0 Å². The molecule has 1 saturated heterocycles. The van der Waals surface area contributed by atoms with Crippen LogP contribution in [0.3, 0.4) is 0 Å². The first-order valence-corrected chi connectivity index (χ1v) is 9.06. The molecule has 2 unspecified atom stereocenters. The number of thioether (sulfide) groups is 2. The zero-order chi connectivity index (χ0) is 15.6. The summed E-state index contributed by atoms with van der Waals surface area (Å²) in [5.41, 5.74) is 5.66. The normalized spacial score (nSPS) is 24.0. The van der Waals surface area contributed by atoms with Gasteiger partial charge in [-0.2, -0.15) is 32.0 Å². The first kappa shape index (κ1) is 16.5. The summed E-state index contributed by atoms with van der Waals surface area (Å²) in [5.74, 6) is 1.44. The van der Waals surface area contributed by atoms with E-state index >= 15 is 0 Å². The van der Waals surface area contributed by atoms with Crippen molar-refractivity contribution in [1.82, 2.24) is 15.0 Å². The van der Waals surface area contributed by atoms with Crippen molar-refractivity contribution in [3.8, 4) is 6.07 Å². The van der Waals surface area contributed by atoms with E-state index in [1.807, 2.05) is 4.90 Å². The fourth-order valence-electron chi connectivity index (χ4n) is 2.32. The second-order valence-electron chi connectivity index (χ2n) is 5.16. The quantitative estimate of drug-likeness (QED) is 0.890. The summed E-state index contributed by atoms with van der Waals surface area (Å²) >= 11 is 9.41. The molecule has 1 aliphatic rings. The molecule has 21 heavy (non-hydrogen) atoms. The molecule has 6 nitrogen and oxygen atoms in total. The fourth-order valence-corrected chi connectivity index (χ4v) is 4.65. The number of hydrogen-bond acceptors (Lipinski definition) is 8. The van der Waals surface area contributed by atoms with Crippen LogP contribution in [0.4, 0.5) is 11.9 Å². The Hall–Kier alpha value is -0.910. The molecule has 9 heteroatoms. The lowest BCUT2D eigenvalue weighted by atomic mass is 10.0. The molecule has 0 spiro atoms. The van der Waals surface area contributed by atoms with Gasteiger partial charge in [-0.05, 0) is 43.9 Å². The van der Waals surface area contributed by atoms with Crippen molar-refractivity contribution >= 4 is 47.0 Å². The molecule has 1 aliphatic heterocycles. The fraction of sp³-hybridized carbons (Fsp3) is 0.667. The number of nitriles is 1. The molecule has 1 aromatic heterocycles. The lowest BCUT2D eigenvalue weighted by molar-refractivity contribution is 0.588. The van der Waals surface area contributed by atoms with Crippen LogP contribution in [0, 0.1) is 11.3 Å². The number of nitrogens with zero attached hydrogens (tertiary/aromatic N) is 5. The van der Waals surface area contributed by atoms with E-state index in [0.717, 1.165) is 12.2 Å². The minimum Gasteiger partial charge on any atom is -0.368 e. The average molecular weight is 345 g/mol. The minimum absolute atomic E-state index is 0.0486. The second kappa shape index (κ2) is 6.46. The van der Waals surface area contributed by atoms with Crippen molar-refractivity contribution in [2.45, 2.75) is 36.4 Å². The van der Waals surface area contributed by atoms with Gasteiger partial charge in [-0.1, -0.05) is 0 Å². The van der Waals surface area contributed by atoms with E-state index in [1.165, 1.54) is 0 Å². The Labute approximate surface area is 137 Å². The first-order valence-electron chi connectivity index (χ1n) is 6.41. The van der Waals surface area contributed by atoms with E-state index in [0.29, 0.717) is 5.95 Å². The van der Waals surface area contributed by atoms with E-state index in [4.69, 9.17) is 17.3 Å². The highest BCUT2D eigenvalue weighted by atomic mass is 35.5. The molecule has 2 atom stereocenters. The van der Waals surface area contributed by atoms with E-state index in [1.54, 1.807) is 23.5 Å². The molecule has 2 N–H and O–H groups in total. The Morgan fingerprint density at radius 3 is 2.76 bits per heavy atom. The van der Waals surface area contributed by atoms with Crippen LogP contribution in [0.25, 0.3) is 0 Å². The van der Waals surface area contributed by atoms with Crippen molar-refractivity contribution in [1.29, 1.82) is 5.26 Å². The molecule has 0 bridgehead atoms. The summed E-state index contributed by atoms with van der Waals surface area (Å²) in [6, 6.07) is 2.02. The molecule has 0 saturated carbocycles. The van der Waals surface area contributed by atoms with Crippen LogP contribution >= 0.6 is 35.1 Å². The molecule has 1 fully saturated rings. The third-order valence-electron chi connectivity index (χ3n) is 3.22. The van der Waals surface area contributed by atoms with Crippen LogP contribution in [0.1, 0.15) is 20.3 Å². The molecular weight excluding hydrogens is 328 g/mol. The summed E-state index contributed by atoms with van der Waals surface area (Å²) in [7, 11) is 0. The SMILES string of the molecule is CSCCC1SC(C)(C)C(C#N)N1c1nc(N)nc(Cl)n1. The van der Waals surface area contributed by atoms with Gasteiger partial charge >= 0.3 is 0 Å². The summed E-state index contributed by atoms with van der Waals surface area (Å²) in [5, 5.41) is 9.74. The first-order chi connectivity index (χ1) is 9.89. The van der Waals surface area contributed by atoms with Crippen LogP contribution in [0.5, 0.6) is 0 Å². The lowest BCUT2D eigenvalue weighted by Gasteiger charge is -2.27. The molecule has 0 aliphatic carbocycles. The number of rotatable bonds is 4. The molecule has 114 valence electrons. The highest BCUT2D eigenvalue weighted by Gasteiger charge is 2.48. The molecule has 2 heterocycles. The Morgan fingerprint density at radius 1 is 1.48 bits per heavy atom. The van der Waals surface area contributed by atoms with Crippen molar-refractivity contribution in [3.63, 3.8) is 0 Å². The van der Waals surface area contributed by atoms with Crippen LogP contribution in [-0.2, 0) is 0 Å². The second-order valence-corrected chi connectivity index (χ2v) is 8.31. The third-order valence-corrected chi connectivity index (χ3v) is 5.60. The van der Waals surface area contributed by atoms with Crippen LogP contribution in [0.15, 0.2) is 0 Å².